The molecule has 0 saturated heterocycles. The molecule has 0 rings (SSSR count). The third-order valence-electron chi connectivity index (χ3n) is 1.41. The van der Waals surface area contributed by atoms with Gasteiger partial charge in [-0.25, -0.2) is 0 Å². The van der Waals surface area contributed by atoms with Crippen molar-refractivity contribution in [3.05, 3.63) is 10.6 Å². The molecule has 0 fully saturated rings. The first-order valence-corrected chi connectivity index (χ1v) is 3.99. The molecule has 54 valence electrons. The fourth-order valence-electron chi connectivity index (χ4n) is 0.703. The van der Waals surface area contributed by atoms with Gasteiger partial charge in [0.15, 0.2) is 0 Å². The van der Waals surface area contributed by atoms with Crippen LogP contribution in [0.15, 0.2) is 10.6 Å². The molecule has 0 atom stereocenters. The molecule has 0 aromatic carbocycles. The number of allylic oxidation sites excluding steroid dienone is 1. The molecule has 0 bridgehead atoms. The maximum atomic E-state index is 5.46. The highest BCUT2D eigenvalue weighted by atomic mass is 35.5. The third kappa shape index (κ3) is 4.80. The molecule has 0 unspecified atom stereocenters. The van der Waals surface area contributed by atoms with Crippen LogP contribution in [0.3, 0.4) is 0 Å². The Bertz CT molecular complexity index is 89.1. The predicted molar refractivity (Wildman–Crippen MR) is 43.9 cm³/mol. The molecule has 0 saturated carbocycles. The first kappa shape index (κ1) is 9.32. The lowest BCUT2D eigenvalue weighted by Crippen LogP contribution is -1.89. The second kappa shape index (κ2) is 5.13. The van der Waals surface area contributed by atoms with E-state index in [9.17, 15) is 0 Å². The third-order valence-corrected chi connectivity index (χ3v) is 1.66. The largest absolute Gasteiger partial charge is 0.103 e. The minimum atomic E-state index is 0.392. The molecule has 0 nitrogen and oxygen atoms in total. The van der Waals surface area contributed by atoms with Gasteiger partial charge in [-0.2, -0.15) is 0 Å². The average Bonchev–Trinajstić information content (AvgIpc) is 1.82. The molecule has 2 heteroatoms. The van der Waals surface area contributed by atoms with Crippen LogP contribution in [0, 0.1) is 5.92 Å². The van der Waals surface area contributed by atoms with Gasteiger partial charge in [0, 0.05) is 0 Å². The van der Waals surface area contributed by atoms with E-state index < -0.39 is 0 Å². The lowest BCUT2D eigenvalue weighted by molar-refractivity contribution is 0.606. The fraction of sp³-hybridized carbons (Fsp3) is 0.714. The van der Waals surface area contributed by atoms with E-state index in [4.69, 9.17) is 23.2 Å². The van der Waals surface area contributed by atoms with Gasteiger partial charge in [-0.15, -0.1) is 0 Å². The van der Waals surface area contributed by atoms with E-state index in [1.54, 1.807) is 0 Å². The Kier molecular flexibility index (Phi) is 5.31. The summed E-state index contributed by atoms with van der Waals surface area (Å²) in [4.78, 5) is 0. The minimum absolute atomic E-state index is 0.392. The lowest BCUT2D eigenvalue weighted by atomic mass is 10.0. The zero-order valence-electron chi connectivity index (χ0n) is 5.82. The summed E-state index contributed by atoms with van der Waals surface area (Å²) in [5.74, 6) is 0.551. The summed E-state index contributed by atoms with van der Waals surface area (Å²) >= 11 is 10.9. The van der Waals surface area contributed by atoms with E-state index in [-0.39, 0.29) is 0 Å². The van der Waals surface area contributed by atoms with Crippen molar-refractivity contribution in [2.75, 3.05) is 0 Å². The molecule has 9 heavy (non-hydrogen) atoms. The SMILES string of the molecule is CCC(C=C(Cl)Cl)CC. The van der Waals surface area contributed by atoms with E-state index >= 15 is 0 Å². The van der Waals surface area contributed by atoms with E-state index in [2.05, 4.69) is 13.8 Å². The van der Waals surface area contributed by atoms with E-state index in [0.29, 0.717) is 10.4 Å². The molecule has 0 aliphatic carbocycles. The Morgan fingerprint density at radius 1 is 1.33 bits per heavy atom. The zero-order valence-corrected chi connectivity index (χ0v) is 7.34. The van der Waals surface area contributed by atoms with Crippen molar-refractivity contribution in [2.24, 2.45) is 5.92 Å². The Morgan fingerprint density at radius 2 is 1.78 bits per heavy atom. The molecule has 0 heterocycles. The molecule has 0 aliphatic rings. The molecule has 0 aliphatic heterocycles. The van der Waals surface area contributed by atoms with Crippen LogP contribution in [0.2, 0.25) is 0 Å². The van der Waals surface area contributed by atoms with E-state index in [0.717, 1.165) is 12.8 Å². The second-order valence-corrected chi connectivity index (χ2v) is 3.04. The predicted octanol–water partition coefficient (Wildman–Crippen LogP) is 3.74. The fourth-order valence-corrected chi connectivity index (χ4v) is 1.06. The summed E-state index contributed by atoms with van der Waals surface area (Å²) in [6, 6.07) is 0. The van der Waals surface area contributed by atoms with Crippen LogP contribution < -0.4 is 0 Å². The summed E-state index contributed by atoms with van der Waals surface area (Å²) in [7, 11) is 0. The van der Waals surface area contributed by atoms with Gasteiger partial charge in [-0.05, 0) is 18.8 Å². The molecular weight excluding hydrogens is 155 g/mol. The van der Waals surface area contributed by atoms with Crippen molar-refractivity contribution in [2.45, 2.75) is 26.7 Å². The first-order chi connectivity index (χ1) is 4.20. The minimum Gasteiger partial charge on any atom is -0.0712 e. The summed E-state index contributed by atoms with van der Waals surface area (Å²) in [6.07, 6.45) is 4.11. The van der Waals surface area contributed by atoms with Crippen molar-refractivity contribution in [1.82, 2.24) is 0 Å². The highest BCUT2D eigenvalue weighted by Crippen LogP contribution is 2.16. The molecule has 0 radical (unpaired) electrons. The standard InChI is InChI=1S/C7H12Cl2/c1-3-6(4-2)5-7(8)9/h5-6H,3-4H2,1-2H3. The van der Waals surface area contributed by atoms with Gasteiger partial charge in [0.25, 0.3) is 0 Å². The summed E-state index contributed by atoms with van der Waals surface area (Å²) < 4.78 is 0.392. The monoisotopic (exact) mass is 166 g/mol. The van der Waals surface area contributed by atoms with Crippen molar-refractivity contribution < 1.29 is 0 Å². The van der Waals surface area contributed by atoms with E-state index in [1.165, 1.54) is 0 Å². The van der Waals surface area contributed by atoms with Crippen LogP contribution in [0.1, 0.15) is 26.7 Å². The van der Waals surface area contributed by atoms with Crippen molar-refractivity contribution in [1.29, 1.82) is 0 Å². The van der Waals surface area contributed by atoms with Crippen molar-refractivity contribution in [3.63, 3.8) is 0 Å². The van der Waals surface area contributed by atoms with E-state index in [1.807, 2.05) is 6.08 Å². The Balaban J connectivity index is 3.68. The summed E-state index contributed by atoms with van der Waals surface area (Å²) in [5, 5.41) is 0. The number of hydrogen-bond donors (Lipinski definition) is 0. The Labute approximate surface area is 66.8 Å². The van der Waals surface area contributed by atoms with Gasteiger partial charge >= 0.3 is 0 Å². The van der Waals surface area contributed by atoms with Gasteiger partial charge in [0.1, 0.15) is 4.49 Å². The highest BCUT2D eigenvalue weighted by Gasteiger charge is 1.98. The molecule has 0 aromatic heterocycles. The van der Waals surface area contributed by atoms with Crippen molar-refractivity contribution in [3.8, 4) is 0 Å². The van der Waals surface area contributed by atoms with Gasteiger partial charge in [-0.3, -0.25) is 0 Å². The number of rotatable bonds is 3. The number of halogens is 2. The van der Waals surface area contributed by atoms with Gasteiger partial charge in [0.2, 0.25) is 0 Å². The maximum Gasteiger partial charge on any atom is 0.103 e. The van der Waals surface area contributed by atoms with Gasteiger partial charge in [-0.1, -0.05) is 43.1 Å². The molecule has 0 amide bonds. The Morgan fingerprint density at radius 3 is 1.89 bits per heavy atom. The van der Waals surface area contributed by atoms with Crippen LogP contribution in [0.25, 0.3) is 0 Å². The number of hydrogen-bond acceptors (Lipinski definition) is 0. The Hall–Kier alpha value is 0.320. The van der Waals surface area contributed by atoms with Crippen molar-refractivity contribution >= 4 is 23.2 Å². The molecule has 0 aromatic rings. The summed E-state index contributed by atoms with van der Waals surface area (Å²) in [6.45, 7) is 4.25. The molecule has 0 N–H and O–H groups in total. The summed E-state index contributed by atoms with van der Waals surface area (Å²) in [5.41, 5.74) is 0. The lowest BCUT2D eigenvalue weighted by Gasteiger charge is -2.03. The average molecular weight is 167 g/mol. The van der Waals surface area contributed by atoms with Crippen LogP contribution in [0.4, 0.5) is 0 Å². The zero-order chi connectivity index (χ0) is 7.28. The van der Waals surface area contributed by atoms with Crippen LogP contribution in [-0.2, 0) is 0 Å². The van der Waals surface area contributed by atoms with Gasteiger partial charge < -0.3 is 0 Å². The second-order valence-electron chi connectivity index (χ2n) is 2.03. The molecular formula is C7H12Cl2. The quantitative estimate of drug-likeness (QED) is 0.600. The molecule has 0 spiro atoms. The smallest absolute Gasteiger partial charge is 0.0712 e. The normalized spacial score (nSPS) is 9.89. The van der Waals surface area contributed by atoms with Crippen LogP contribution in [0.5, 0.6) is 0 Å². The maximum absolute atomic E-state index is 5.46. The topological polar surface area (TPSA) is 0 Å². The highest BCUT2D eigenvalue weighted by molar-refractivity contribution is 6.55. The van der Waals surface area contributed by atoms with Crippen LogP contribution >= 0.6 is 23.2 Å². The van der Waals surface area contributed by atoms with Crippen LogP contribution in [-0.4, -0.2) is 0 Å². The van der Waals surface area contributed by atoms with Gasteiger partial charge in [0.05, 0.1) is 0 Å². The first-order valence-electron chi connectivity index (χ1n) is 3.23.